The summed E-state index contributed by atoms with van der Waals surface area (Å²) in [5.74, 6) is 0. The highest BCUT2D eigenvalue weighted by Gasteiger charge is 2.04. The average molecular weight is 176 g/mol. The molecule has 1 atom stereocenters. The second kappa shape index (κ2) is 8.97. The number of hydrogen-bond donors (Lipinski definition) is 2. The molecule has 0 rings (SSSR count). The van der Waals surface area contributed by atoms with Crippen LogP contribution in [0.25, 0.3) is 0 Å². The molecule has 2 N–H and O–H groups in total. The first-order valence-electron chi connectivity index (χ1n) is 4.59. The Balaban J connectivity index is 3.19. The number of unbranched alkanes of at least 4 members (excludes halogenated alkanes) is 2. The summed E-state index contributed by atoms with van der Waals surface area (Å²) >= 11 is 0. The first kappa shape index (κ1) is 11.9. The predicted molar refractivity (Wildman–Crippen MR) is 48.1 cm³/mol. The zero-order valence-corrected chi connectivity index (χ0v) is 7.83. The average Bonchev–Trinajstić information content (AvgIpc) is 2.10. The molecule has 0 aromatic rings. The first-order valence-corrected chi connectivity index (χ1v) is 4.59. The van der Waals surface area contributed by atoms with Gasteiger partial charge in [0.05, 0.1) is 6.10 Å². The van der Waals surface area contributed by atoms with Gasteiger partial charge >= 0.3 is 0 Å². The van der Waals surface area contributed by atoms with E-state index in [0.29, 0.717) is 0 Å². The molecule has 3 nitrogen and oxygen atoms in total. The van der Waals surface area contributed by atoms with Crippen LogP contribution in [0, 0.1) is 0 Å². The van der Waals surface area contributed by atoms with Crippen LogP contribution in [0.3, 0.4) is 0 Å². The molecule has 0 saturated heterocycles. The Morgan fingerprint density at radius 1 is 1.00 bits per heavy atom. The molecule has 1 unspecified atom stereocenters. The van der Waals surface area contributed by atoms with Crippen molar-refractivity contribution in [3.63, 3.8) is 0 Å². The third kappa shape index (κ3) is 6.58. The predicted octanol–water partition coefficient (Wildman–Crippen LogP) is 0.936. The monoisotopic (exact) mass is 176 g/mol. The van der Waals surface area contributed by atoms with E-state index in [-0.39, 0.29) is 19.3 Å². The smallest absolute Gasteiger partial charge is 0.0593 e. The number of ether oxygens (including phenoxy) is 1. The lowest BCUT2D eigenvalue weighted by molar-refractivity contribution is 0.0687. The van der Waals surface area contributed by atoms with Crippen molar-refractivity contribution in [2.45, 2.75) is 38.2 Å². The molecule has 0 heterocycles. The van der Waals surface area contributed by atoms with E-state index in [2.05, 4.69) is 0 Å². The summed E-state index contributed by atoms with van der Waals surface area (Å²) in [4.78, 5) is 0. The van der Waals surface area contributed by atoms with Crippen LogP contribution in [0.4, 0.5) is 0 Å². The van der Waals surface area contributed by atoms with Crippen molar-refractivity contribution in [2.75, 3.05) is 20.3 Å². The lowest BCUT2D eigenvalue weighted by Gasteiger charge is -2.12. The Morgan fingerprint density at radius 2 is 1.75 bits per heavy atom. The SMILES string of the molecule is COC(CCO)CCCCCO. The van der Waals surface area contributed by atoms with E-state index in [9.17, 15) is 0 Å². The quantitative estimate of drug-likeness (QED) is 0.541. The van der Waals surface area contributed by atoms with Gasteiger partial charge in [0.2, 0.25) is 0 Å². The summed E-state index contributed by atoms with van der Waals surface area (Å²) in [5, 5.41) is 17.2. The van der Waals surface area contributed by atoms with Gasteiger partial charge in [0, 0.05) is 20.3 Å². The standard InChI is InChI=1S/C9H20O3/c1-12-9(6-8-11)5-3-2-4-7-10/h9-11H,2-8H2,1H3. The minimum absolute atomic E-state index is 0.189. The van der Waals surface area contributed by atoms with Gasteiger partial charge in [-0.05, 0) is 19.3 Å². The number of hydrogen-bond acceptors (Lipinski definition) is 3. The van der Waals surface area contributed by atoms with Gasteiger partial charge in [0.25, 0.3) is 0 Å². The largest absolute Gasteiger partial charge is 0.396 e. The van der Waals surface area contributed by atoms with Gasteiger partial charge in [-0.3, -0.25) is 0 Å². The van der Waals surface area contributed by atoms with Crippen molar-refractivity contribution in [1.82, 2.24) is 0 Å². The van der Waals surface area contributed by atoms with Crippen molar-refractivity contribution in [1.29, 1.82) is 0 Å². The number of rotatable bonds is 8. The van der Waals surface area contributed by atoms with E-state index in [0.717, 1.165) is 32.1 Å². The lowest BCUT2D eigenvalue weighted by atomic mass is 10.1. The maximum Gasteiger partial charge on any atom is 0.0593 e. The van der Waals surface area contributed by atoms with Gasteiger partial charge in [-0.1, -0.05) is 12.8 Å². The molecule has 0 radical (unpaired) electrons. The highest BCUT2D eigenvalue weighted by molar-refractivity contribution is 4.56. The fourth-order valence-corrected chi connectivity index (χ4v) is 1.18. The van der Waals surface area contributed by atoms with Crippen LogP contribution in [-0.4, -0.2) is 36.6 Å². The Kier molecular flexibility index (Phi) is 8.88. The maximum atomic E-state index is 8.65. The van der Waals surface area contributed by atoms with Gasteiger partial charge in [-0.25, -0.2) is 0 Å². The van der Waals surface area contributed by atoms with Crippen molar-refractivity contribution in [3.8, 4) is 0 Å². The zero-order valence-electron chi connectivity index (χ0n) is 7.83. The molecule has 0 bridgehead atoms. The van der Waals surface area contributed by atoms with E-state index in [4.69, 9.17) is 14.9 Å². The maximum absolute atomic E-state index is 8.65. The van der Waals surface area contributed by atoms with Crippen LogP contribution in [-0.2, 0) is 4.74 Å². The summed E-state index contributed by atoms with van der Waals surface area (Å²) in [6.45, 7) is 0.468. The van der Waals surface area contributed by atoms with Gasteiger partial charge < -0.3 is 14.9 Å². The van der Waals surface area contributed by atoms with Crippen molar-refractivity contribution >= 4 is 0 Å². The minimum Gasteiger partial charge on any atom is -0.396 e. The topological polar surface area (TPSA) is 49.7 Å². The van der Waals surface area contributed by atoms with Crippen molar-refractivity contribution in [3.05, 3.63) is 0 Å². The number of aliphatic hydroxyl groups is 2. The molecule has 3 heteroatoms. The summed E-state index contributed by atoms with van der Waals surface area (Å²) in [7, 11) is 1.67. The van der Waals surface area contributed by atoms with E-state index in [1.165, 1.54) is 0 Å². The van der Waals surface area contributed by atoms with Gasteiger partial charge in [-0.15, -0.1) is 0 Å². The van der Waals surface area contributed by atoms with Crippen molar-refractivity contribution in [2.24, 2.45) is 0 Å². The van der Waals surface area contributed by atoms with Gasteiger partial charge in [0.15, 0.2) is 0 Å². The molecule has 12 heavy (non-hydrogen) atoms. The molecule has 0 fully saturated rings. The summed E-state index contributed by atoms with van der Waals surface area (Å²) in [6, 6.07) is 0. The molecule has 0 aliphatic carbocycles. The number of methoxy groups -OCH3 is 1. The molecule has 74 valence electrons. The highest BCUT2D eigenvalue weighted by atomic mass is 16.5. The molecular formula is C9H20O3. The molecule has 0 spiro atoms. The summed E-state index contributed by atoms with van der Waals surface area (Å²) < 4.78 is 5.15. The van der Waals surface area contributed by atoms with Gasteiger partial charge in [0.1, 0.15) is 0 Å². The lowest BCUT2D eigenvalue weighted by Crippen LogP contribution is -2.12. The molecule has 0 aliphatic rings. The minimum atomic E-state index is 0.189. The summed E-state index contributed by atoms with van der Waals surface area (Å²) in [5.41, 5.74) is 0. The molecule has 0 aliphatic heterocycles. The third-order valence-corrected chi connectivity index (χ3v) is 1.97. The van der Waals surface area contributed by atoms with Crippen LogP contribution in [0.15, 0.2) is 0 Å². The second-order valence-electron chi connectivity index (χ2n) is 2.94. The summed E-state index contributed by atoms with van der Waals surface area (Å²) in [6.07, 6.45) is 4.87. The van der Waals surface area contributed by atoms with Crippen LogP contribution >= 0.6 is 0 Å². The normalized spacial score (nSPS) is 13.2. The second-order valence-corrected chi connectivity index (χ2v) is 2.94. The fraction of sp³-hybridized carbons (Fsp3) is 1.00. The molecule has 0 amide bonds. The molecule has 0 saturated carbocycles. The fourth-order valence-electron chi connectivity index (χ4n) is 1.18. The van der Waals surface area contributed by atoms with Crippen LogP contribution in [0.5, 0.6) is 0 Å². The molecule has 0 aromatic heterocycles. The van der Waals surface area contributed by atoms with Crippen LogP contribution < -0.4 is 0 Å². The zero-order chi connectivity index (χ0) is 9.23. The van der Waals surface area contributed by atoms with Crippen molar-refractivity contribution < 1.29 is 14.9 Å². The third-order valence-electron chi connectivity index (χ3n) is 1.97. The Bertz CT molecular complexity index is 85.8. The van der Waals surface area contributed by atoms with Crippen LogP contribution in [0.2, 0.25) is 0 Å². The molecule has 0 aromatic carbocycles. The van der Waals surface area contributed by atoms with E-state index in [1.54, 1.807) is 7.11 Å². The van der Waals surface area contributed by atoms with Crippen LogP contribution in [0.1, 0.15) is 32.1 Å². The Hall–Kier alpha value is -0.120. The number of aliphatic hydroxyl groups excluding tert-OH is 2. The van der Waals surface area contributed by atoms with E-state index >= 15 is 0 Å². The van der Waals surface area contributed by atoms with E-state index < -0.39 is 0 Å². The molecular weight excluding hydrogens is 156 g/mol. The Labute approximate surface area is 74.4 Å². The van der Waals surface area contributed by atoms with E-state index in [1.807, 2.05) is 0 Å². The Morgan fingerprint density at radius 3 is 2.25 bits per heavy atom. The van der Waals surface area contributed by atoms with Gasteiger partial charge in [-0.2, -0.15) is 0 Å². The highest BCUT2D eigenvalue weighted by Crippen LogP contribution is 2.08. The first-order chi connectivity index (χ1) is 5.85.